The van der Waals surface area contributed by atoms with Gasteiger partial charge in [0.25, 0.3) is 0 Å². The van der Waals surface area contributed by atoms with Gasteiger partial charge in [0.15, 0.2) is 0 Å². The maximum absolute atomic E-state index is 13.6. The van der Waals surface area contributed by atoms with E-state index in [9.17, 15) is 19.1 Å². The van der Waals surface area contributed by atoms with Crippen LogP contribution in [0, 0.1) is 5.82 Å². The first kappa shape index (κ1) is 18.8. The Kier molecular flexibility index (Phi) is 5.69. The van der Waals surface area contributed by atoms with Crippen LogP contribution in [0.15, 0.2) is 60.0 Å². The minimum Gasteiger partial charge on any atom is -0.478 e. The monoisotopic (exact) mass is 401 g/mol. The van der Waals surface area contributed by atoms with Gasteiger partial charge in [-0.1, -0.05) is 41.9 Å². The van der Waals surface area contributed by atoms with Crippen molar-refractivity contribution < 1.29 is 19.1 Å². The number of amides is 1. The summed E-state index contributed by atoms with van der Waals surface area (Å²) < 4.78 is 13.6. The van der Waals surface area contributed by atoms with Crippen molar-refractivity contribution in [2.24, 2.45) is 0 Å². The molecule has 0 fully saturated rings. The normalized spacial score (nSPS) is 10.9. The minimum absolute atomic E-state index is 0.00466. The van der Waals surface area contributed by atoms with Crippen LogP contribution < -0.4 is 5.32 Å². The molecule has 0 atom stereocenters. The molecule has 0 aliphatic carbocycles. The summed E-state index contributed by atoms with van der Waals surface area (Å²) in [5.41, 5.74) is 1.12. The Morgan fingerprint density at radius 2 is 1.81 bits per heavy atom. The van der Waals surface area contributed by atoms with Crippen molar-refractivity contribution in [2.45, 2.75) is 0 Å². The van der Waals surface area contributed by atoms with E-state index in [1.165, 1.54) is 29.5 Å². The number of carboxylic acid groups (broad SMARTS) is 1. The lowest BCUT2D eigenvalue weighted by Crippen LogP contribution is -2.11. The highest BCUT2D eigenvalue weighted by atomic mass is 35.5. The molecule has 0 radical (unpaired) electrons. The molecule has 0 aliphatic rings. The molecule has 1 aromatic heterocycles. The highest BCUT2D eigenvalue weighted by molar-refractivity contribution is 7.14. The van der Waals surface area contributed by atoms with Gasteiger partial charge in [-0.3, -0.25) is 4.79 Å². The standard InChI is InChI=1S/C20H13ClFNO3S/c21-14-8-5-13(6-9-14)19-18(20(25)26)16(11-27-19)23-17(24)10-7-12-3-1-2-4-15(12)22/h1-11H,(H,23,24)(H,25,26)/b10-7+. The number of carboxylic acids is 1. The summed E-state index contributed by atoms with van der Waals surface area (Å²) in [5, 5.41) is 14.2. The van der Waals surface area contributed by atoms with Gasteiger partial charge in [-0.15, -0.1) is 11.3 Å². The molecule has 0 saturated heterocycles. The Bertz CT molecular complexity index is 1030. The number of hydrogen-bond acceptors (Lipinski definition) is 3. The first-order chi connectivity index (χ1) is 13.0. The van der Waals surface area contributed by atoms with Gasteiger partial charge < -0.3 is 10.4 Å². The summed E-state index contributed by atoms with van der Waals surface area (Å²) in [4.78, 5) is 24.4. The van der Waals surface area contributed by atoms with Gasteiger partial charge in [-0.25, -0.2) is 9.18 Å². The molecule has 0 saturated carbocycles. The highest BCUT2D eigenvalue weighted by Crippen LogP contribution is 2.36. The van der Waals surface area contributed by atoms with Crippen LogP contribution in [0.3, 0.4) is 0 Å². The second kappa shape index (κ2) is 8.16. The molecule has 2 N–H and O–H groups in total. The van der Waals surface area contributed by atoms with E-state index in [0.29, 0.717) is 15.5 Å². The van der Waals surface area contributed by atoms with Crippen LogP contribution >= 0.6 is 22.9 Å². The number of carbonyl (C=O) groups is 2. The number of aromatic carboxylic acids is 1. The molecule has 1 amide bonds. The average molecular weight is 402 g/mol. The fraction of sp³-hybridized carbons (Fsp3) is 0. The average Bonchev–Trinajstić information content (AvgIpc) is 3.05. The van der Waals surface area contributed by atoms with Crippen LogP contribution in [0.2, 0.25) is 5.02 Å². The summed E-state index contributed by atoms with van der Waals surface area (Å²) in [6, 6.07) is 12.8. The van der Waals surface area contributed by atoms with E-state index in [1.807, 2.05) is 0 Å². The van der Waals surface area contributed by atoms with Crippen molar-refractivity contribution in [1.82, 2.24) is 0 Å². The predicted molar refractivity (Wildman–Crippen MR) is 106 cm³/mol. The SMILES string of the molecule is O=C(/C=C/c1ccccc1F)Nc1csc(-c2ccc(Cl)cc2)c1C(=O)O. The van der Waals surface area contributed by atoms with E-state index in [-0.39, 0.29) is 16.8 Å². The number of hydrogen-bond donors (Lipinski definition) is 2. The van der Waals surface area contributed by atoms with E-state index in [4.69, 9.17) is 11.6 Å². The fourth-order valence-corrected chi connectivity index (χ4v) is 3.55. The van der Waals surface area contributed by atoms with E-state index < -0.39 is 17.7 Å². The van der Waals surface area contributed by atoms with Crippen LogP contribution in [-0.2, 0) is 4.79 Å². The lowest BCUT2D eigenvalue weighted by atomic mass is 10.1. The molecule has 3 rings (SSSR count). The number of carbonyl (C=O) groups excluding carboxylic acids is 1. The molecule has 4 nitrogen and oxygen atoms in total. The molecule has 7 heteroatoms. The second-order valence-electron chi connectivity index (χ2n) is 5.51. The largest absolute Gasteiger partial charge is 0.478 e. The third-order valence-corrected chi connectivity index (χ3v) is 4.97. The lowest BCUT2D eigenvalue weighted by Gasteiger charge is -2.04. The van der Waals surface area contributed by atoms with Crippen LogP contribution in [0.25, 0.3) is 16.5 Å². The van der Waals surface area contributed by atoms with Gasteiger partial charge in [-0.2, -0.15) is 0 Å². The number of halogens is 2. The first-order valence-electron chi connectivity index (χ1n) is 7.80. The smallest absolute Gasteiger partial charge is 0.339 e. The first-order valence-corrected chi connectivity index (χ1v) is 9.06. The molecule has 3 aromatic rings. The molecule has 0 unspecified atom stereocenters. The number of thiophene rings is 1. The number of benzene rings is 2. The maximum atomic E-state index is 13.6. The molecule has 0 spiro atoms. The van der Waals surface area contributed by atoms with Gasteiger partial charge >= 0.3 is 5.97 Å². The number of nitrogens with one attached hydrogen (secondary N) is 1. The minimum atomic E-state index is -1.16. The predicted octanol–water partition coefficient (Wildman–Crippen LogP) is 5.56. The van der Waals surface area contributed by atoms with Gasteiger partial charge in [-0.05, 0) is 29.8 Å². The zero-order valence-corrected chi connectivity index (χ0v) is 15.4. The third-order valence-electron chi connectivity index (χ3n) is 3.69. The second-order valence-corrected chi connectivity index (χ2v) is 6.83. The van der Waals surface area contributed by atoms with E-state index >= 15 is 0 Å². The molecular formula is C20H13ClFNO3S. The van der Waals surface area contributed by atoms with Crippen molar-refractivity contribution in [3.63, 3.8) is 0 Å². The van der Waals surface area contributed by atoms with Crippen molar-refractivity contribution in [3.8, 4) is 10.4 Å². The Balaban J connectivity index is 1.85. The van der Waals surface area contributed by atoms with Gasteiger partial charge in [0.2, 0.25) is 5.91 Å². The van der Waals surface area contributed by atoms with Gasteiger partial charge in [0.05, 0.1) is 10.6 Å². The Hall–Kier alpha value is -2.96. The van der Waals surface area contributed by atoms with E-state index in [1.54, 1.807) is 41.8 Å². The van der Waals surface area contributed by atoms with Crippen LogP contribution in [0.5, 0.6) is 0 Å². The summed E-state index contributed by atoms with van der Waals surface area (Å²) in [5.74, 6) is -2.16. The molecular weight excluding hydrogens is 389 g/mol. The number of anilines is 1. The number of rotatable bonds is 5. The third kappa shape index (κ3) is 4.42. The summed E-state index contributed by atoms with van der Waals surface area (Å²) in [7, 11) is 0. The Labute approximate surface area is 163 Å². The van der Waals surface area contributed by atoms with Crippen LogP contribution in [0.1, 0.15) is 15.9 Å². The van der Waals surface area contributed by atoms with E-state index in [0.717, 1.165) is 6.08 Å². The van der Waals surface area contributed by atoms with Crippen molar-refractivity contribution >= 4 is 46.6 Å². The maximum Gasteiger partial charge on any atom is 0.339 e. The van der Waals surface area contributed by atoms with Gasteiger partial charge in [0, 0.05) is 22.0 Å². The van der Waals surface area contributed by atoms with Crippen molar-refractivity contribution in [2.75, 3.05) is 5.32 Å². The fourth-order valence-electron chi connectivity index (χ4n) is 2.43. The zero-order chi connectivity index (χ0) is 19.4. The van der Waals surface area contributed by atoms with Crippen LogP contribution in [0.4, 0.5) is 10.1 Å². The molecule has 136 valence electrons. The topological polar surface area (TPSA) is 66.4 Å². The Morgan fingerprint density at radius 1 is 1.11 bits per heavy atom. The summed E-state index contributed by atoms with van der Waals surface area (Å²) in [6.07, 6.45) is 2.49. The van der Waals surface area contributed by atoms with Crippen molar-refractivity contribution in [3.05, 3.63) is 82.0 Å². The zero-order valence-electron chi connectivity index (χ0n) is 13.8. The molecule has 0 bridgehead atoms. The highest BCUT2D eigenvalue weighted by Gasteiger charge is 2.20. The quantitative estimate of drug-likeness (QED) is 0.550. The molecule has 2 aromatic carbocycles. The lowest BCUT2D eigenvalue weighted by molar-refractivity contribution is -0.111. The van der Waals surface area contributed by atoms with Crippen molar-refractivity contribution in [1.29, 1.82) is 0 Å². The Morgan fingerprint density at radius 3 is 2.48 bits per heavy atom. The molecule has 27 heavy (non-hydrogen) atoms. The molecule has 1 heterocycles. The molecule has 0 aliphatic heterocycles. The van der Waals surface area contributed by atoms with E-state index in [2.05, 4.69) is 5.32 Å². The van der Waals surface area contributed by atoms with Gasteiger partial charge in [0.1, 0.15) is 11.4 Å². The van der Waals surface area contributed by atoms with Crippen LogP contribution in [-0.4, -0.2) is 17.0 Å². The summed E-state index contributed by atoms with van der Waals surface area (Å²) >= 11 is 7.07. The summed E-state index contributed by atoms with van der Waals surface area (Å²) in [6.45, 7) is 0.